The smallest absolute Gasteiger partial charge is 0.0902 e. The highest BCUT2D eigenvalue weighted by Gasteiger charge is 2.26. The highest BCUT2D eigenvalue weighted by molar-refractivity contribution is 7.80. The Labute approximate surface area is 116 Å². The lowest BCUT2D eigenvalue weighted by Gasteiger charge is -2.23. The van der Waals surface area contributed by atoms with Crippen LogP contribution in [-0.2, 0) is 6.54 Å². The minimum atomic E-state index is 0.290. The Morgan fingerprint density at radius 1 is 1.44 bits per heavy atom. The topological polar surface area (TPSA) is 29.3 Å². The van der Waals surface area contributed by atoms with Crippen molar-refractivity contribution in [2.75, 3.05) is 6.54 Å². The van der Waals surface area contributed by atoms with Gasteiger partial charge in [0.15, 0.2) is 0 Å². The maximum atomic E-state index is 5.82. The highest BCUT2D eigenvalue weighted by atomic mass is 32.1. The number of likely N-dealkylation sites (tertiary alicyclic amines) is 1. The minimum absolute atomic E-state index is 0.290. The largest absolute Gasteiger partial charge is 0.392 e. The van der Waals surface area contributed by atoms with Crippen molar-refractivity contribution in [3.05, 3.63) is 35.2 Å². The molecule has 3 rings (SSSR count). The first-order chi connectivity index (χ1) is 8.75. The first-order valence-corrected chi connectivity index (χ1v) is 7.53. The van der Waals surface area contributed by atoms with E-state index in [1.807, 2.05) is 11.3 Å². The number of hydrogen-bond acceptors (Lipinski definition) is 3. The standard InChI is InChI=1S/C14H16N2S2/c15-14(17)12-5-3-7-16(12)8-10-9-18-13-6-2-1-4-11(10)13/h1-2,4,6,9,12H,3,5,7-8H2,(H2,15,17). The molecule has 0 radical (unpaired) electrons. The van der Waals surface area contributed by atoms with Crippen LogP contribution in [0.15, 0.2) is 29.6 Å². The van der Waals surface area contributed by atoms with E-state index in [4.69, 9.17) is 18.0 Å². The second-order valence-electron chi connectivity index (χ2n) is 4.79. The summed E-state index contributed by atoms with van der Waals surface area (Å²) in [6, 6.07) is 8.87. The van der Waals surface area contributed by atoms with Gasteiger partial charge in [-0.2, -0.15) is 0 Å². The van der Waals surface area contributed by atoms with Crippen LogP contribution in [0.2, 0.25) is 0 Å². The summed E-state index contributed by atoms with van der Waals surface area (Å²) in [5.74, 6) is 0. The van der Waals surface area contributed by atoms with Gasteiger partial charge in [0, 0.05) is 11.2 Å². The van der Waals surface area contributed by atoms with E-state index < -0.39 is 0 Å². The Morgan fingerprint density at radius 3 is 3.11 bits per heavy atom. The van der Waals surface area contributed by atoms with Crippen molar-refractivity contribution in [3.63, 3.8) is 0 Å². The Hall–Kier alpha value is -0.970. The van der Waals surface area contributed by atoms with E-state index in [1.54, 1.807) is 0 Å². The summed E-state index contributed by atoms with van der Waals surface area (Å²) in [5, 5.41) is 3.63. The van der Waals surface area contributed by atoms with Crippen LogP contribution in [0, 0.1) is 0 Å². The lowest BCUT2D eigenvalue weighted by molar-refractivity contribution is 0.296. The molecule has 0 spiro atoms. The van der Waals surface area contributed by atoms with Crippen molar-refractivity contribution in [3.8, 4) is 0 Å². The van der Waals surface area contributed by atoms with Gasteiger partial charge < -0.3 is 5.73 Å². The Kier molecular flexibility index (Phi) is 3.33. The van der Waals surface area contributed by atoms with Crippen LogP contribution in [0.25, 0.3) is 10.1 Å². The van der Waals surface area contributed by atoms with E-state index in [2.05, 4.69) is 34.5 Å². The van der Waals surface area contributed by atoms with Crippen molar-refractivity contribution in [1.29, 1.82) is 0 Å². The molecule has 1 aromatic carbocycles. The molecule has 18 heavy (non-hydrogen) atoms. The first-order valence-electron chi connectivity index (χ1n) is 6.24. The predicted octanol–water partition coefficient (Wildman–Crippen LogP) is 3.15. The molecule has 1 saturated heterocycles. The van der Waals surface area contributed by atoms with Crippen LogP contribution in [-0.4, -0.2) is 22.5 Å². The fraction of sp³-hybridized carbons (Fsp3) is 0.357. The van der Waals surface area contributed by atoms with Crippen LogP contribution < -0.4 is 5.73 Å². The van der Waals surface area contributed by atoms with Crippen molar-refractivity contribution >= 4 is 38.6 Å². The number of thiophene rings is 1. The molecule has 1 fully saturated rings. The summed E-state index contributed by atoms with van der Waals surface area (Å²) in [5.41, 5.74) is 7.22. The third-order valence-electron chi connectivity index (χ3n) is 3.63. The quantitative estimate of drug-likeness (QED) is 0.873. The second-order valence-corrected chi connectivity index (χ2v) is 6.17. The van der Waals surface area contributed by atoms with Gasteiger partial charge in [0.2, 0.25) is 0 Å². The maximum Gasteiger partial charge on any atom is 0.0902 e. The third kappa shape index (κ3) is 2.16. The van der Waals surface area contributed by atoms with Gasteiger partial charge in [0.25, 0.3) is 0 Å². The molecular formula is C14H16N2S2. The molecule has 1 aliphatic rings. The average Bonchev–Trinajstić information content (AvgIpc) is 2.97. The zero-order valence-corrected chi connectivity index (χ0v) is 11.8. The van der Waals surface area contributed by atoms with Gasteiger partial charge in [-0.05, 0) is 41.8 Å². The third-order valence-corrected chi connectivity index (χ3v) is 4.91. The van der Waals surface area contributed by atoms with Crippen LogP contribution >= 0.6 is 23.6 Å². The van der Waals surface area contributed by atoms with Gasteiger partial charge in [0.05, 0.1) is 11.0 Å². The number of hydrogen-bond donors (Lipinski definition) is 1. The number of nitrogens with zero attached hydrogens (tertiary/aromatic N) is 1. The summed E-state index contributed by atoms with van der Waals surface area (Å²) in [4.78, 5) is 3.06. The fourth-order valence-electron chi connectivity index (χ4n) is 2.71. The summed E-state index contributed by atoms with van der Waals surface area (Å²) in [6.07, 6.45) is 2.31. The van der Waals surface area contributed by atoms with Crippen LogP contribution in [0.1, 0.15) is 18.4 Å². The molecule has 1 unspecified atom stereocenters. The molecule has 0 bridgehead atoms. The van der Waals surface area contributed by atoms with Gasteiger partial charge in [-0.1, -0.05) is 30.4 Å². The average molecular weight is 276 g/mol. The van der Waals surface area contributed by atoms with E-state index >= 15 is 0 Å². The summed E-state index contributed by atoms with van der Waals surface area (Å²) < 4.78 is 1.36. The second kappa shape index (κ2) is 4.96. The van der Waals surface area contributed by atoms with Crippen molar-refractivity contribution in [2.24, 2.45) is 5.73 Å². The zero-order chi connectivity index (χ0) is 12.5. The highest BCUT2D eigenvalue weighted by Crippen LogP contribution is 2.29. The SMILES string of the molecule is NC(=S)C1CCCN1Cc1csc2ccccc12. The predicted molar refractivity (Wildman–Crippen MR) is 82.0 cm³/mol. The van der Waals surface area contributed by atoms with Gasteiger partial charge in [-0.3, -0.25) is 4.90 Å². The molecular weight excluding hydrogens is 260 g/mol. The molecule has 2 N–H and O–H groups in total. The van der Waals surface area contributed by atoms with E-state index in [1.165, 1.54) is 22.1 Å². The van der Waals surface area contributed by atoms with E-state index in [0.29, 0.717) is 11.0 Å². The van der Waals surface area contributed by atoms with E-state index in [9.17, 15) is 0 Å². The molecule has 1 aromatic heterocycles. The summed E-state index contributed by atoms with van der Waals surface area (Å²) in [7, 11) is 0. The van der Waals surface area contributed by atoms with Crippen molar-refractivity contribution in [2.45, 2.75) is 25.4 Å². The Morgan fingerprint density at radius 2 is 2.28 bits per heavy atom. The van der Waals surface area contributed by atoms with Gasteiger partial charge in [-0.25, -0.2) is 0 Å². The minimum Gasteiger partial charge on any atom is -0.392 e. The normalized spacial score (nSPS) is 20.6. The molecule has 0 amide bonds. The molecule has 2 nitrogen and oxygen atoms in total. The fourth-order valence-corrected chi connectivity index (χ4v) is 3.93. The van der Waals surface area contributed by atoms with Crippen molar-refractivity contribution in [1.82, 2.24) is 4.90 Å². The van der Waals surface area contributed by atoms with E-state index in [0.717, 1.165) is 19.5 Å². The zero-order valence-electron chi connectivity index (χ0n) is 10.1. The lowest BCUT2D eigenvalue weighted by atomic mass is 10.1. The molecule has 0 aliphatic carbocycles. The maximum absolute atomic E-state index is 5.82. The van der Waals surface area contributed by atoms with Crippen LogP contribution in [0.4, 0.5) is 0 Å². The number of rotatable bonds is 3. The van der Waals surface area contributed by atoms with Gasteiger partial charge in [-0.15, -0.1) is 11.3 Å². The van der Waals surface area contributed by atoms with Crippen molar-refractivity contribution < 1.29 is 0 Å². The monoisotopic (exact) mass is 276 g/mol. The first kappa shape index (κ1) is 12.1. The van der Waals surface area contributed by atoms with Crippen LogP contribution in [0.5, 0.6) is 0 Å². The van der Waals surface area contributed by atoms with Crippen LogP contribution in [0.3, 0.4) is 0 Å². The Bertz CT molecular complexity index is 576. The van der Waals surface area contributed by atoms with E-state index in [-0.39, 0.29) is 0 Å². The molecule has 2 heterocycles. The number of benzene rings is 1. The van der Waals surface area contributed by atoms with Gasteiger partial charge >= 0.3 is 0 Å². The number of fused-ring (bicyclic) bond motifs is 1. The summed E-state index contributed by atoms with van der Waals surface area (Å²) >= 11 is 6.98. The number of thiocarbonyl (C=S) groups is 1. The molecule has 1 atom stereocenters. The van der Waals surface area contributed by atoms with Gasteiger partial charge in [0.1, 0.15) is 0 Å². The molecule has 4 heteroatoms. The molecule has 94 valence electrons. The number of nitrogens with two attached hydrogens (primary N) is 1. The Balaban J connectivity index is 1.86. The molecule has 2 aromatic rings. The molecule has 0 saturated carbocycles. The lowest BCUT2D eigenvalue weighted by Crippen LogP contribution is -2.38. The summed E-state index contributed by atoms with van der Waals surface area (Å²) in [6.45, 7) is 2.07. The molecule has 1 aliphatic heterocycles.